The Morgan fingerprint density at radius 1 is 0.333 bits per heavy atom. The Bertz CT molecular complexity index is 5330. The number of ketones is 4. The molecule has 10 N–H and O–H groups in total. The molecule has 2 heterocycles. The fourth-order valence-electron chi connectivity index (χ4n) is 11.9. The van der Waals surface area contributed by atoms with Gasteiger partial charge in [0.25, 0.3) is 0 Å². The number of rotatable bonds is 18. The van der Waals surface area contributed by atoms with Crippen molar-refractivity contribution in [2.45, 2.75) is 105 Å². The van der Waals surface area contributed by atoms with E-state index >= 15 is 0 Å². The summed E-state index contributed by atoms with van der Waals surface area (Å²) in [5.41, 5.74) is 8.77. The van der Waals surface area contributed by atoms with Gasteiger partial charge in [0.05, 0.1) is 74.4 Å². The normalized spacial score (nSPS) is 16.7. The van der Waals surface area contributed by atoms with Crippen molar-refractivity contribution in [2.24, 2.45) is 0 Å². The molecule has 536 valence electrons. The number of anilines is 10. The molecule has 12 rings (SSSR count). The van der Waals surface area contributed by atoms with E-state index in [2.05, 4.69) is 61.8 Å². The third kappa shape index (κ3) is 22.6. The second-order valence-corrected chi connectivity index (χ2v) is 31.9. The zero-order valence-corrected chi connectivity index (χ0v) is 79.0. The number of nitrogens with two attached hydrogens (primary N) is 2. The summed E-state index contributed by atoms with van der Waals surface area (Å²) in [5, 5.41) is 16.4. The van der Waals surface area contributed by atoms with Crippen molar-refractivity contribution in [3.8, 4) is 0 Å². The van der Waals surface area contributed by atoms with Crippen molar-refractivity contribution in [1.82, 2.24) is 29.9 Å². The minimum atomic E-state index is -5.15. The van der Waals surface area contributed by atoms with Gasteiger partial charge in [0.1, 0.15) is 60.7 Å². The van der Waals surface area contributed by atoms with Crippen LogP contribution in [0, 0.1) is 0 Å². The predicted molar refractivity (Wildman–Crippen MR) is 352 cm³/mol. The van der Waals surface area contributed by atoms with Crippen LogP contribution in [-0.2, 0) is 60.7 Å². The van der Waals surface area contributed by atoms with Crippen molar-refractivity contribution in [3.05, 3.63) is 152 Å². The summed E-state index contributed by atoms with van der Waals surface area (Å²) < 4.78 is 212. The van der Waals surface area contributed by atoms with E-state index < -0.39 is 148 Å². The second kappa shape index (κ2) is 38.6. The molecule has 108 heavy (non-hydrogen) atoms. The number of fused-ring (bicyclic) bond motifs is 4. The van der Waals surface area contributed by atoms with Gasteiger partial charge in [-0.2, -0.15) is 29.9 Å². The molecule has 4 aliphatic rings. The van der Waals surface area contributed by atoms with E-state index in [4.69, 9.17) is 34.7 Å². The molecule has 4 aliphatic carbocycles. The average molecular weight is 1740 g/mol. The molecule has 0 aliphatic heterocycles. The van der Waals surface area contributed by atoms with Crippen molar-refractivity contribution in [3.63, 3.8) is 0 Å². The van der Waals surface area contributed by atoms with E-state index in [0.717, 1.165) is 12.1 Å². The number of aromatic nitrogens is 6. The van der Waals surface area contributed by atoms with Crippen molar-refractivity contribution in [1.29, 1.82) is 0 Å². The number of carbonyl (C=O) groups excluding carboxylic acids is 4. The van der Waals surface area contributed by atoms with Crippen LogP contribution in [0.3, 0.4) is 0 Å². The van der Waals surface area contributed by atoms with Gasteiger partial charge >= 0.3 is 243 Å². The Balaban J connectivity index is 0.000000367. The summed E-state index contributed by atoms with van der Waals surface area (Å²) in [6.45, 7) is 0. The molecule has 0 unspecified atom stereocenters. The number of nitrogen functional groups attached to an aromatic ring is 2. The number of nitrogens with one attached hydrogen (secondary N) is 6. The Morgan fingerprint density at radius 2 is 0.593 bits per heavy atom. The number of halogens is 2. The summed E-state index contributed by atoms with van der Waals surface area (Å²) in [4.78, 5) is 72.7. The molecule has 0 atom stereocenters. The van der Waals surface area contributed by atoms with E-state index in [0.29, 0.717) is 87.8 Å². The first-order chi connectivity index (χ1) is 47.6. The molecule has 6 aromatic carbocycles. The van der Waals surface area contributed by atoms with Gasteiger partial charge < -0.3 is 70.7 Å². The molecule has 0 spiro atoms. The first-order valence-electron chi connectivity index (χ1n) is 29.4. The Labute approximate surface area is 820 Å². The number of nitrogens with zero attached hydrogens (tertiary/aromatic N) is 6. The van der Waals surface area contributed by atoms with Crippen LogP contribution < -0.4 is 286 Å². The summed E-state index contributed by atoms with van der Waals surface area (Å²) in [7, 11) is -30.7. The fourth-order valence-corrected chi connectivity index (χ4v) is 15.7. The molecule has 0 amide bonds. The van der Waals surface area contributed by atoms with Gasteiger partial charge in [0, 0.05) is 57.8 Å². The second-order valence-electron chi connectivity index (χ2n) is 23.0. The largest absolute Gasteiger partial charge is 1.00 e. The van der Waals surface area contributed by atoms with Gasteiger partial charge in [-0.1, -0.05) is 48.5 Å². The summed E-state index contributed by atoms with van der Waals surface area (Å²) >= 11 is 12.1. The van der Waals surface area contributed by atoms with Crippen LogP contribution in [0.15, 0.2) is 126 Å². The Hall–Kier alpha value is -1.63. The summed E-state index contributed by atoms with van der Waals surface area (Å²) in [5.74, 6) is -3.50. The third-order valence-corrected chi connectivity index (χ3v) is 22.0. The first kappa shape index (κ1) is 96.9. The zero-order chi connectivity index (χ0) is 74.1. The van der Waals surface area contributed by atoms with Crippen molar-refractivity contribution < 1.29 is 340 Å². The smallest absolute Gasteiger partial charge is 0.744 e. The number of hydrogen-bond acceptors (Lipinski definition) is 36. The van der Waals surface area contributed by atoms with Crippen LogP contribution >= 0.6 is 23.2 Å². The van der Waals surface area contributed by atoms with Crippen LogP contribution in [-0.4, -0.2) is 155 Å². The molecule has 2 saturated carbocycles. The minimum Gasteiger partial charge on any atom is -0.744 e. The topological polar surface area (TPSA) is 613 Å². The maximum Gasteiger partial charge on any atom is 1.00 e. The molecular weight excluding hydrogens is 1690 g/mol. The molecule has 8 aromatic rings. The SMILES string of the molecule is Nc1c(S(=O)(=O)[O-])cc(NC2CCC(Nc3nc(Cl)nc(Nc4cc(S(=O)(=O)[O-])ccc4S(=O)(=O)[O-])n3)CC2)c2c1C(=O)c1ccccc1C2=O.Nc1c(S(=O)(=O)[O-])cc(NC2CCC(Nc3nc(Cl)nc(Nc4cc(S(=O)(=O)[O-])ccc4S(=O)(=O)[O-])n3)CC2)c2c1C(=O)c1ccccc1C2=O.[K+].[K+].[K+].[Na+].[Na+].[Na+]. The maximum absolute atomic E-state index is 13.6. The van der Waals surface area contributed by atoms with Crippen LogP contribution in [0.4, 0.5) is 57.9 Å². The summed E-state index contributed by atoms with van der Waals surface area (Å²) in [6, 6.07) is 16.5. The number of carbonyl (C=O) groups is 4. The maximum atomic E-state index is 13.6. The fraction of sp³-hybridized carbons (Fsp3) is 0.207. The van der Waals surface area contributed by atoms with Crippen LogP contribution in [0.25, 0.3) is 0 Å². The molecule has 36 nitrogen and oxygen atoms in total. The Kier molecular flexibility index (Phi) is 34.7. The van der Waals surface area contributed by atoms with Crippen molar-refractivity contribution in [2.75, 3.05) is 43.4 Å². The van der Waals surface area contributed by atoms with Crippen LogP contribution in [0.1, 0.15) is 115 Å². The monoisotopic (exact) mass is 1740 g/mol. The Morgan fingerprint density at radius 3 is 0.861 bits per heavy atom. The molecule has 2 aromatic heterocycles. The zero-order valence-electron chi connectivity index (χ0n) is 57.2. The van der Waals surface area contributed by atoms with Gasteiger partial charge in [0.15, 0.2) is 23.1 Å². The van der Waals surface area contributed by atoms with Gasteiger partial charge in [-0.3, -0.25) is 19.2 Å². The molecule has 0 bridgehead atoms. The summed E-state index contributed by atoms with van der Waals surface area (Å²) in [6.07, 6.45) is 3.41. The predicted octanol–water partition coefficient (Wildman–Crippen LogP) is -13.6. The van der Waals surface area contributed by atoms with E-state index in [-0.39, 0.29) is 345 Å². The van der Waals surface area contributed by atoms with Gasteiger partial charge in [-0.25, -0.2) is 50.5 Å². The van der Waals surface area contributed by atoms with Crippen LogP contribution in [0.2, 0.25) is 10.6 Å². The number of hydrogen-bond donors (Lipinski definition) is 8. The minimum absolute atomic E-state index is 0. The molecule has 0 radical (unpaired) electrons. The van der Waals surface area contributed by atoms with Gasteiger partial charge in [-0.05, 0) is 123 Å². The van der Waals surface area contributed by atoms with Crippen LogP contribution in [0.5, 0.6) is 0 Å². The standard InChI is InChI=1S/2C29H26ClN7O11S3.3K.3Na/c2*30-27-35-28(37-29(36-27)34-18-11-15(49(40,41)42)9-10-20(18)50(43,44)45)33-14-7-5-13(6-8-14)32-19-12-21(51(46,47)48)24(31)23-22(19)25(38)16-3-1-2-4-17(16)26(23)39;;;;;;/h2*1-4,9-14,32H,5-8,31H2,(H,40,41,42)(H,43,44,45)(H,46,47,48)(H2,33,34,35,36,37);;;;;;/q;;6*+1/p-6. The molecule has 0 saturated heterocycles. The molecule has 2 fully saturated rings. The van der Waals surface area contributed by atoms with E-state index in [9.17, 15) is 97.0 Å². The third-order valence-electron chi connectivity index (χ3n) is 16.5. The van der Waals surface area contributed by atoms with E-state index in [1.807, 2.05) is 0 Å². The van der Waals surface area contributed by atoms with Crippen molar-refractivity contribution >= 4 is 165 Å². The van der Waals surface area contributed by atoms with E-state index in [1.165, 1.54) is 36.4 Å². The quantitative estimate of drug-likeness (QED) is 0.0225. The average Bonchev–Trinajstić information content (AvgIpc) is 0.734. The van der Waals surface area contributed by atoms with Gasteiger partial charge in [0.2, 0.25) is 34.4 Å². The van der Waals surface area contributed by atoms with Gasteiger partial charge in [-0.15, -0.1) is 0 Å². The molecular formula is C58H46Cl2K3N14Na3O22S6. The first-order valence-corrected chi connectivity index (χ1v) is 38.6. The molecule has 50 heteroatoms. The number of benzene rings is 6. The van der Waals surface area contributed by atoms with E-state index in [1.54, 1.807) is 12.1 Å².